The maximum atomic E-state index is 13.6. The van der Waals surface area contributed by atoms with Crippen LogP contribution in [-0.4, -0.2) is 25.3 Å². The Hall–Kier alpha value is -1.96. The molecule has 0 fully saturated rings. The number of nitrogens with zero attached hydrogens (tertiary/aromatic N) is 4. The summed E-state index contributed by atoms with van der Waals surface area (Å²) in [4.78, 5) is 2.07. The second-order valence-electron chi connectivity index (χ2n) is 6.93. The van der Waals surface area contributed by atoms with Gasteiger partial charge in [-0.25, -0.2) is 0 Å². The van der Waals surface area contributed by atoms with Gasteiger partial charge in [0.25, 0.3) is 0 Å². The van der Waals surface area contributed by atoms with Crippen molar-refractivity contribution in [3.8, 4) is 0 Å². The van der Waals surface area contributed by atoms with Gasteiger partial charge in [0.05, 0.1) is 6.61 Å². The summed E-state index contributed by atoms with van der Waals surface area (Å²) in [5.74, 6) is 0. The highest BCUT2D eigenvalue weighted by atomic mass is 28.4. The first-order valence-corrected chi connectivity index (χ1v) is 10.3. The minimum absolute atomic E-state index is 0.0361. The summed E-state index contributed by atoms with van der Waals surface area (Å²) < 4.78 is 33.2. The fourth-order valence-corrected chi connectivity index (χ4v) is 2.59. The SMILES string of the molecule is CC(C)(C)[Si](C)(C)OCc1ccc(/C(=N\O)C(F)(F)N=[N+]=[N-])cc1. The van der Waals surface area contributed by atoms with Crippen LogP contribution in [0.1, 0.15) is 31.9 Å². The van der Waals surface area contributed by atoms with Crippen LogP contribution in [0.3, 0.4) is 0 Å². The fourth-order valence-electron chi connectivity index (χ4n) is 1.63. The Morgan fingerprint density at radius 3 is 2.21 bits per heavy atom. The van der Waals surface area contributed by atoms with Crippen LogP contribution in [-0.2, 0) is 11.0 Å². The normalized spacial score (nSPS) is 13.5. The Morgan fingerprint density at radius 2 is 1.79 bits per heavy atom. The van der Waals surface area contributed by atoms with E-state index >= 15 is 0 Å². The van der Waals surface area contributed by atoms with Gasteiger partial charge in [-0.05, 0) is 34.3 Å². The second kappa shape index (κ2) is 7.29. The van der Waals surface area contributed by atoms with Gasteiger partial charge in [0, 0.05) is 10.5 Å². The van der Waals surface area contributed by atoms with Gasteiger partial charge >= 0.3 is 6.05 Å². The quantitative estimate of drug-likeness (QED) is 0.110. The van der Waals surface area contributed by atoms with Crippen molar-refractivity contribution in [2.24, 2.45) is 10.3 Å². The number of azide groups is 1. The standard InChI is InChI=1S/C15H22F2N4O2Si/c1-14(2,3)24(4,5)23-10-11-6-8-12(9-7-11)13(19-22)15(16,17)20-21-18/h6-9,22H,10H2,1-5H3/b19-13+. The highest BCUT2D eigenvalue weighted by Gasteiger charge is 2.38. The lowest BCUT2D eigenvalue weighted by Gasteiger charge is -2.36. The van der Waals surface area contributed by atoms with E-state index in [1.165, 1.54) is 12.1 Å². The maximum Gasteiger partial charge on any atom is 0.371 e. The van der Waals surface area contributed by atoms with Gasteiger partial charge in [-0.1, -0.05) is 50.2 Å². The van der Waals surface area contributed by atoms with Crippen LogP contribution in [0, 0.1) is 0 Å². The Balaban J connectivity index is 2.92. The van der Waals surface area contributed by atoms with E-state index in [1.807, 2.05) is 0 Å². The molecule has 0 saturated heterocycles. The smallest absolute Gasteiger partial charge is 0.371 e. The number of rotatable bonds is 6. The van der Waals surface area contributed by atoms with Crippen molar-refractivity contribution in [3.63, 3.8) is 0 Å². The summed E-state index contributed by atoms with van der Waals surface area (Å²) in [5, 5.41) is 13.8. The Labute approximate surface area is 140 Å². The lowest BCUT2D eigenvalue weighted by atomic mass is 10.1. The number of halogens is 2. The predicted octanol–water partition coefficient (Wildman–Crippen LogP) is 5.29. The van der Waals surface area contributed by atoms with E-state index in [4.69, 9.17) is 15.2 Å². The molecule has 0 spiro atoms. The average molecular weight is 356 g/mol. The van der Waals surface area contributed by atoms with Crippen molar-refractivity contribution in [1.82, 2.24) is 0 Å². The number of alkyl halides is 2. The molecule has 1 rings (SSSR count). The molecule has 132 valence electrons. The molecule has 0 heterocycles. The minimum Gasteiger partial charge on any atom is -0.413 e. The molecule has 0 atom stereocenters. The third-order valence-electron chi connectivity index (χ3n) is 4.19. The van der Waals surface area contributed by atoms with Crippen LogP contribution in [0.4, 0.5) is 8.78 Å². The molecule has 0 unspecified atom stereocenters. The van der Waals surface area contributed by atoms with E-state index in [-0.39, 0.29) is 10.6 Å². The molecule has 6 nitrogen and oxygen atoms in total. The van der Waals surface area contributed by atoms with E-state index in [9.17, 15) is 8.78 Å². The van der Waals surface area contributed by atoms with Crippen LogP contribution in [0.15, 0.2) is 34.5 Å². The first-order valence-electron chi connectivity index (χ1n) is 7.34. The van der Waals surface area contributed by atoms with Crippen molar-refractivity contribution in [1.29, 1.82) is 0 Å². The summed E-state index contributed by atoms with van der Waals surface area (Å²) in [7, 11) is -1.91. The van der Waals surface area contributed by atoms with E-state index in [0.717, 1.165) is 5.56 Å². The monoisotopic (exact) mass is 356 g/mol. The zero-order valence-electron chi connectivity index (χ0n) is 14.4. The molecule has 0 aliphatic rings. The topological polar surface area (TPSA) is 90.6 Å². The van der Waals surface area contributed by atoms with Crippen molar-refractivity contribution < 1.29 is 18.4 Å². The van der Waals surface area contributed by atoms with E-state index in [1.54, 1.807) is 12.1 Å². The van der Waals surface area contributed by atoms with Gasteiger partial charge in [-0.15, -0.1) is 0 Å². The number of hydrogen-bond acceptors (Lipinski definition) is 4. The highest BCUT2D eigenvalue weighted by Crippen LogP contribution is 2.37. The molecule has 0 aliphatic carbocycles. The lowest BCUT2D eigenvalue weighted by molar-refractivity contribution is 0.0828. The summed E-state index contributed by atoms with van der Waals surface area (Å²) in [5.41, 5.74) is 7.95. The average Bonchev–Trinajstić information content (AvgIpc) is 2.45. The molecular weight excluding hydrogens is 334 g/mol. The van der Waals surface area contributed by atoms with Crippen molar-refractivity contribution in [3.05, 3.63) is 45.8 Å². The summed E-state index contributed by atoms with van der Waals surface area (Å²) in [6.07, 6.45) is 0. The minimum atomic E-state index is -3.93. The largest absolute Gasteiger partial charge is 0.413 e. The van der Waals surface area contributed by atoms with Gasteiger partial charge in [0.1, 0.15) is 0 Å². The fraction of sp³-hybridized carbons (Fsp3) is 0.533. The third kappa shape index (κ3) is 4.77. The van der Waals surface area contributed by atoms with Crippen LogP contribution < -0.4 is 0 Å². The number of oxime groups is 1. The molecule has 0 aromatic heterocycles. The first kappa shape index (κ1) is 20.1. The van der Waals surface area contributed by atoms with E-state index < -0.39 is 20.1 Å². The molecule has 1 aromatic rings. The molecule has 1 aromatic carbocycles. The molecule has 0 aliphatic heterocycles. The molecule has 0 saturated carbocycles. The van der Waals surface area contributed by atoms with Crippen LogP contribution in [0.25, 0.3) is 10.4 Å². The number of benzene rings is 1. The summed E-state index contributed by atoms with van der Waals surface area (Å²) in [6, 6.07) is 2.04. The zero-order chi connectivity index (χ0) is 18.6. The van der Waals surface area contributed by atoms with Crippen LogP contribution in [0.2, 0.25) is 18.1 Å². The summed E-state index contributed by atoms with van der Waals surface area (Å²) >= 11 is 0. The number of hydrogen-bond donors (Lipinski definition) is 1. The summed E-state index contributed by atoms with van der Waals surface area (Å²) in [6.45, 7) is 11.0. The zero-order valence-corrected chi connectivity index (χ0v) is 15.4. The molecule has 0 amide bonds. The van der Waals surface area contributed by atoms with Crippen molar-refractivity contribution in [2.45, 2.75) is 51.6 Å². The predicted molar refractivity (Wildman–Crippen MR) is 90.8 cm³/mol. The Kier molecular flexibility index (Phi) is 6.10. The molecule has 0 bridgehead atoms. The third-order valence-corrected chi connectivity index (χ3v) is 8.67. The van der Waals surface area contributed by atoms with Crippen LogP contribution >= 0.6 is 0 Å². The van der Waals surface area contributed by atoms with Crippen LogP contribution in [0.5, 0.6) is 0 Å². The molecule has 1 N–H and O–H groups in total. The Bertz CT molecular complexity index is 648. The Morgan fingerprint density at radius 1 is 1.25 bits per heavy atom. The second-order valence-corrected chi connectivity index (χ2v) is 11.7. The van der Waals surface area contributed by atoms with Gasteiger partial charge in [0.2, 0.25) is 0 Å². The van der Waals surface area contributed by atoms with Gasteiger partial charge in [-0.3, -0.25) is 0 Å². The maximum absolute atomic E-state index is 13.6. The molecule has 9 heteroatoms. The lowest BCUT2D eigenvalue weighted by Crippen LogP contribution is -2.40. The van der Waals surface area contributed by atoms with Gasteiger partial charge in [-0.2, -0.15) is 8.78 Å². The molecule has 0 radical (unpaired) electrons. The van der Waals surface area contributed by atoms with Crippen molar-refractivity contribution in [2.75, 3.05) is 0 Å². The van der Waals surface area contributed by atoms with Gasteiger partial charge in [0.15, 0.2) is 14.0 Å². The van der Waals surface area contributed by atoms with E-state index in [2.05, 4.69) is 49.0 Å². The first-order chi connectivity index (χ1) is 10.9. The molecular formula is C15H22F2N4O2Si. The van der Waals surface area contributed by atoms with Crippen molar-refractivity contribution >= 4 is 14.0 Å². The highest BCUT2D eigenvalue weighted by molar-refractivity contribution is 6.74. The van der Waals surface area contributed by atoms with Gasteiger partial charge < -0.3 is 9.63 Å². The molecule has 24 heavy (non-hydrogen) atoms. The van der Waals surface area contributed by atoms with E-state index in [0.29, 0.717) is 6.61 Å².